The molecule has 0 bridgehead atoms. The number of amides is 3. The van der Waals surface area contributed by atoms with Crippen molar-refractivity contribution >= 4 is 29.2 Å². The summed E-state index contributed by atoms with van der Waals surface area (Å²) < 4.78 is 6.08. The molecule has 1 fully saturated rings. The number of para-hydroxylation sites is 1. The number of anilines is 1. The molecule has 0 radical (unpaired) electrons. The number of halogens is 1. The Labute approximate surface area is 200 Å². The number of nitrogens with one attached hydrogen (secondary N) is 2. The molecule has 8 heteroatoms. The van der Waals surface area contributed by atoms with Gasteiger partial charge in [-0.1, -0.05) is 36.2 Å². The summed E-state index contributed by atoms with van der Waals surface area (Å²) in [5.74, 6) is 1.00. The number of urea groups is 1. The quantitative estimate of drug-likeness (QED) is 0.452. The van der Waals surface area contributed by atoms with Crippen molar-refractivity contribution in [1.29, 1.82) is 0 Å². The number of hydrogen-bond donors (Lipinski definition) is 2. The SMILES string of the molecule is CC1c2ccccc2Oc2ccc(Cl)cc2N1C(=O)NNC(=O)CCCCN1CCCCC1. The highest BCUT2D eigenvalue weighted by molar-refractivity contribution is 6.31. The van der Waals surface area contributed by atoms with Gasteiger partial charge in [-0.05, 0) is 76.5 Å². The van der Waals surface area contributed by atoms with Crippen LogP contribution in [0.4, 0.5) is 10.5 Å². The number of carbonyl (C=O) groups excluding carboxylic acids is 2. The molecule has 0 spiro atoms. The molecule has 2 N–H and O–H groups in total. The number of ether oxygens (including phenoxy) is 1. The predicted molar refractivity (Wildman–Crippen MR) is 130 cm³/mol. The summed E-state index contributed by atoms with van der Waals surface area (Å²) in [6.07, 6.45) is 6.00. The topological polar surface area (TPSA) is 73.9 Å². The normalized spacial score (nSPS) is 17.9. The van der Waals surface area contributed by atoms with Gasteiger partial charge in [0, 0.05) is 17.0 Å². The van der Waals surface area contributed by atoms with E-state index in [1.54, 1.807) is 23.1 Å². The average molecular weight is 471 g/mol. The Kier molecular flexibility index (Phi) is 7.73. The van der Waals surface area contributed by atoms with Gasteiger partial charge in [0.15, 0.2) is 5.75 Å². The van der Waals surface area contributed by atoms with Gasteiger partial charge in [0.05, 0.1) is 11.7 Å². The van der Waals surface area contributed by atoms with E-state index in [-0.39, 0.29) is 11.9 Å². The lowest BCUT2D eigenvalue weighted by Gasteiger charge is -2.28. The second-order valence-corrected chi connectivity index (χ2v) is 9.07. The molecule has 176 valence electrons. The van der Waals surface area contributed by atoms with Crippen LogP contribution in [0.1, 0.15) is 57.1 Å². The van der Waals surface area contributed by atoms with Crippen molar-refractivity contribution in [2.75, 3.05) is 24.5 Å². The molecule has 1 atom stereocenters. The van der Waals surface area contributed by atoms with Crippen LogP contribution in [-0.2, 0) is 4.79 Å². The molecule has 0 saturated carbocycles. The fourth-order valence-electron chi connectivity index (χ4n) is 4.49. The van der Waals surface area contributed by atoms with Gasteiger partial charge in [0.25, 0.3) is 0 Å². The zero-order chi connectivity index (χ0) is 23.2. The Hall–Kier alpha value is -2.77. The maximum Gasteiger partial charge on any atom is 0.341 e. The highest BCUT2D eigenvalue weighted by atomic mass is 35.5. The van der Waals surface area contributed by atoms with E-state index in [4.69, 9.17) is 16.3 Å². The van der Waals surface area contributed by atoms with Crippen molar-refractivity contribution < 1.29 is 14.3 Å². The number of hydrogen-bond acceptors (Lipinski definition) is 4. The van der Waals surface area contributed by atoms with E-state index in [1.165, 1.54) is 19.3 Å². The molecule has 7 nitrogen and oxygen atoms in total. The van der Waals surface area contributed by atoms with Gasteiger partial charge >= 0.3 is 6.03 Å². The van der Waals surface area contributed by atoms with Crippen LogP contribution in [0.15, 0.2) is 42.5 Å². The second kappa shape index (κ2) is 10.9. The Morgan fingerprint density at radius 1 is 1.03 bits per heavy atom. The molecule has 3 amide bonds. The number of rotatable bonds is 5. The van der Waals surface area contributed by atoms with Gasteiger partial charge in [0.2, 0.25) is 5.91 Å². The minimum absolute atomic E-state index is 0.201. The smallest absolute Gasteiger partial charge is 0.341 e. The molecule has 2 aliphatic rings. The number of fused-ring (bicyclic) bond motifs is 2. The van der Waals surface area contributed by atoms with Crippen LogP contribution < -0.4 is 20.5 Å². The Morgan fingerprint density at radius 3 is 2.64 bits per heavy atom. The molecule has 2 aromatic carbocycles. The van der Waals surface area contributed by atoms with Crippen LogP contribution in [0.5, 0.6) is 11.5 Å². The van der Waals surface area contributed by atoms with Crippen LogP contribution in [0.3, 0.4) is 0 Å². The molecule has 4 rings (SSSR count). The fraction of sp³-hybridized carbons (Fsp3) is 0.440. The third-order valence-electron chi connectivity index (χ3n) is 6.26. The summed E-state index contributed by atoms with van der Waals surface area (Å²) in [7, 11) is 0. The minimum Gasteiger partial charge on any atom is -0.455 e. The number of benzene rings is 2. The van der Waals surface area contributed by atoms with Gasteiger partial charge in [-0.15, -0.1) is 0 Å². The number of nitrogens with zero attached hydrogens (tertiary/aromatic N) is 2. The van der Waals surface area contributed by atoms with Crippen molar-refractivity contribution in [3.05, 3.63) is 53.1 Å². The lowest BCUT2D eigenvalue weighted by molar-refractivity contribution is -0.121. The summed E-state index contributed by atoms with van der Waals surface area (Å²) in [6.45, 7) is 5.27. The maximum absolute atomic E-state index is 13.2. The van der Waals surface area contributed by atoms with Crippen molar-refractivity contribution in [3.63, 3.8) is 0 Å². The number of likely N-dealkylation sites (tertiary alicyclic amines) is 1. The minimum atomic E-state index is -0.451. The van der Waals surface area contributed by atoms with Gasteiger partial charge in [-0.25, -0.2) is 10.2 Å². The Balaban J connectivity index is 1.36. The molecular formula is C25H31ClN4O3. The summed E-state index contributed by atoms with van der Waals surface area (Å²) in [4.78, 5) is 29.5. The van der Waals surface area contributed by atoms with Gasteiger partial charge in [0.1, 0.15) is 5.75 Å². The van der Waals surface area contributed by atoms with E-state index in [1.807, 2.05) is 31.2 Å². The molecule has 1 unspecified atom stereocenters. The zero-order valence-corrected chi connectivity index (χ0v) is 19.7. The van der Waals surface area contributed by atoms with E-state index in [9.17, 15) is 9.59 Å². The van der Waals surface area contributed by atoms with E-state index in [2.05, 4.69) is 15.8 Å². The molecule has 1 saturated heterocycles. The highest BCUT2D eigenvalue weighted by Gasteiger charge is 2.31. The van der Waals surface area contributed by atoms with Gasteiger partial charge < -0.3 is 9.64 Å². The van der Waals surface area contributed by atoms with E-state index in [0.717, 1.165) is 38.0 Å². The van der Waals surface area contributed by atoms with Crippen LogP contribution in [0.25, 0.3) is 0 Å². The van der Waals surface area contributed by atoms with Crippen molar-refractivity contribution in [1.82, 2.24) is 15.8 Å². The first kappa shape index (κ1) is 23.4. The zero-order valence-electron chi connectivity index (χ0n) is 19.0. The lowest BCUT2D eigenvalue weighted by atomic mass is 10.1. The van der Waals surface area contributed by atoms with Crippen molar-refractivity contribution in [2.24, 2.45) is 0 Å². The van der Waals surface area contributed by atoms with Crippen LogP contribution >= 0.6 is 11.6 Å². The number of hydrazine groups is 1. The summed E-state index contributed by atoms with van der Waals surface area (Å²) >= 11 is 6.23. The van der Waals surface area contributed by atoms with Crippen molar-refractivity contribution in [2.45, 2.75) is 51.5 Å². The third-order valence-corrected chi connectivity index (χ3v) is 6.50. The van der Waals surface area contributed by atoms with Crippen LogP contribution in [0, 0.1) is 0 Å². The fourth-order valence-corrected chi connectivity index (χ4v) is 4.65. The molecule has 33 heavy (non-hydrogen) atoms. The molecule has 0 aromatic heterocycles. The standard InChI is InChI=1S/C25H31ClN4O3/c1-18-20-9-3-4-10-22(20)33-23-13-12-19(26)17-21(23)30(18)25(32)28-27-24(31)11-5-8-16-29-14-6-2-7-15-29/h3-4,9-10,12-13,17-18H,2,5-8,11,14-16H2,1H3,(H,27,31)(H,28,32). The first-order valence-electron chi connectivity index (χ1n) is 11.7. The molecular weight excluding hydrogens is 440 g/mol. The van der Waals surface area contributed by atoms with E-state index in [0.29, 0.717) is 28.6 Å². The third kappa shape index (κ3) is 5.78. The van der Waals surface area contributed by atoms with Crippen molar-refractivity contribution in [3.8, 4) is 11.5 Å². The maximum atomic E-state index is 13.2. The molecule has 2 heterocycles. The summed E-state index contributed by atoms with van der Waals surface area (Å²) in [6, 6.07) is 12.0. The predicted octanol–water partition coefficient (Wildman–Crippen LogP) is 5.41. The summed E-state index contributed by atoms with van der Waals surface area (Å²) in [5.41, 5.74) is 6.54. The molecule has 2 aromatic rings. The highest BCUT2D eigenvalue weighted by Crippen LogP contribution is 2.44. The van der Waals surface area contributed by atoms with Crippen LogP contribution in [-0.4, -0.2) is 36.5 Å². The Morgan fingerprint density at radius 2 is 1.82 bits per heavy atom. The van der Waals surface area contributed by atoms with Gasteiger partial charge in [-0.3, -0.25) is 15.1 Å². The van der Waals surface area contributed by atoms with Crippen LogP contribution in [0.2, 0.25) is 5.02 Å². The molecule has 2 aliphatic heterocycles. The van der Waals surface area contributed by atoms with E-state index >= 15 is 0 Å². The van der Waals surface area contributed by atoms with Gasteiger partial charge in [-0.2, -0.15) is 0 Å². The molecule has 0 aliphatic carbocycles. The first-order valence-corrected chi connectivity index (χ1v) is 12.1. The average Bonchev–Trinajstić information content (AvgIpc) is 2.95. The Bertz CT molecular complexity index is 993. The summed E-state index contributed by atoms with van der Waals surface area (Å²) in [5, 5.41) is 0.492. The lowest BCUT2D eigenvalue weighted by Crippen LogP contribution is -2.49. The monoisotopic (exact) mass is 470 g/mol. The second-order valence-electron chi connectivity index (χ2n) is 8.64. The number of piperidine rings is 1. The first-order chi connectivity index (χ1) is 16.0. The largest absolute Gasteiger partial charge is 0.455 e. The number of carbonyl (C=O) groups is 2. The number of unbranched alkanes of at least 4 members (excludes halogenated alkanes) is 1. The van der Waals surface area contributed by atoms with E-state index < -0.39 is 6.03 Å².